The first-order valence-corrected chi connectivity index (χ1v) is 7.90. The quantitative estimate of drug-likeness (QED) is 0.621. The van der Waals surface area contributed by atoms with Crippen LogP contribution in [0.15, 0.2) is 12.3 Å². The number of rotatable bonds is 7. The molecule has 0 amide bonds. The summed E-state index contributed by atoms with van der Waals surface area (Å²) in [5.74, 6) is 0.576. The molecule has 0 aliphatic carbocycles. The van der Waals surface area contributed by atoms with E-state index in [2.05, 4.69) is 48.1 Å². The van der Waals surface area contributed by atoms with Gasteiger partial charge in [-0.3, -0.25) is 0 Å². The molecule has 0 spiro atoms. The van der Waals surface area contributed by atoms with Gasteiger partial charge in [0.2, 0.25) is 0 Å². The van der Waals surface area contributed by atoms with Crippen LogP contribution in [0.1, 0.15) is 41.5 Å². The summed E-state index contributed by atoms with van der Waals surface area (Å²) in [6.45, 7) is 16.5. The summed E-state index contributed by atoms with van der Waals surface area (Å²) in [4.78, 5) is 0. The van der Waals surface area contributed by atoms with Gasteiger partial charge in [0, 0.05) is 12.2 Å². The SMILES string of the molecule is C=C[Si](CC(C)C)(OC(C)C)OC(C)C. The van der Waals surface area contributed by atoms with Crippen LogP contribution in [0.25, 0.3) is 0 Å². The fourth-order valence-corrected chi connectivity index (χ4v) is 5.01. The van der Waals surface area contributed by atoms with Gasteiger partial charge in [-0.05, 0) is 45.4 Å². The van der Waals surface area contributed by atoms with Gasteiger partial charge in [-0.25, -0.2) is 0 Å². The Morgan fingerprint density at radius 3 is 1.60 bits per heavy atom. The molecule has 0 saturated heterocycles. The van der Waals surface area contributed by atoms with Crippen molar-refractivity contribution in [1.82, 2.24) is 0 Å². The van der Waals surface area contributed by atoms with Gasteiger partial charge < -0.3 is 8.85 Å². The second-order valence-corrected chi connectivity index (χ2v) is 7.86. The number of hydrogen-bond acceptors (Lipinski definition) is 2. The molecule has 0 aromatic carbocycles. The molecule has 90 valence electrons. The first-order valence-electron chi connectivity index (χ1n) is 5.80. The van der Waals surface area contributed by atoms with Crippen LogP contribution in [0.2, 0.25) is 6.04 Å². The molecule has 0 aliphatic rings. The third kappa shape index (κ3) is 6.13. The van der Waals surface area contributed by atoms with E-state index in [0.717, 1.165) is 6.04 Å². The van der Waals surface area contributed by atoms with Crippen LogP contribution in [0.5, 0.6) is 0 Å². The summed E-state index contributed by atoms with van der Waals surface area (Å²) in [5, 5.41) is 0. The third-order valence-electron chi connectivity index (χ3n) is 1.87. The molecule has 0 aliphatic heterocycles. The maximum Gasteiger partial charge on any atom is 0.365 e. The predicted octanol–water partition coefficient (Wildman–Crippen LogP) is 3.66. The summed E-state index contributed by atoms with van der Waals surface area (Å²) in [6.07, 6.45) is 0.402. The van der Waals surface area contributed by atoms with Crippen molar-refractivity contribution >= 4 is 8.56 Å². The minimum Gasteiger partial charge on any atom is -0.389 e. The molecule has 0 aromatic rings. The highest BCUT2D eigenvalue weighted by atomic mass is 28.4. The van der Waals surface area contributed by atoms with E-state index >= 15 is 0 Å². The van der Waals surface area contributed by atoms with E-state index < -0.39 is 8.56 Å². The monoisotopic (exact) mass is 230 g/mol. The van der Waals surface area contributed by atoms with Crippen molar-refractivity contribution in [2.45, 2.75) is 59.8 Å². The topological polar surface area (TPSA) is 18.5 Å². The van der Waals surface area contributed by atoms with E-state index in [1.165, 1.54) is 0 Å². The molecular formula is C12H26O2Si. The Morgan fingerprint density at radius 1 is 1.00 bits per heavy atom. The Bertz CT molecular complexity index is 162. The molecule has 0 heterocycles. The summed E-state index contributed by atoms with van der Waals surface area (Å²) in [5.41, 5.74) is 1.92. The summed E-state index contributed by atoms with van der Waals surface area (Å²) >= 11 is 0. The van der Waals surface area contributed by atoms with Crippen molar-refractivity contribution in [2.24, 2.45) is 5.92 Å². The molecule has 0 radical (unpaired) electrons. The highest BCUT2D eigenvalue weighted by Gasteiger charge is 2.37. The first-order chi connectivity index (χ1) is 6.81. The molecule has 15 heavy (non-hydrogen) atoms. The zero-order valence-electron chi connectivity index (χ0n) is 11.0. The van der Waals surface area contributed by atoms with Crippen molar-refractivity contribution in [1.29, 1.82) is 0 Å². The molecule has 0 aromatic heterocycles. The van der Waals surface area contributed by atoms with Crippen LogP contribution in [0, 0.1) is 5.92 Å². The zero-order chi connectivity index (χ0) is 12.1. The van der Waals surface area contributed by atoms with Crippen LogP contribution in [0.4, 0.5) is 0 Å². The maximum atomic E-state index is 6.01. The first kappa shape index (κ1) is 14.9. The standard InChI is InChI=1S/C12H26O2Si/c1-8-15(9-10(2)3,13-11(4)5)14-12(6)7/h8,10-12H,1,9H2,2-7H3. The van der Waals surface area contributed by atoms with Crippen molar-refractivity contribution in [3.05, 3.63) is 12.3 Å². The van der Waals surface area contributed by atoms with Crippen molar-refractivity contribution in [3.63, 3.8) is 0 Å². The Kier molecular flexibility index (Phi) is 6.40. The third-order valence-corrected chi connectivity index (χ3v) is 5.62. The predicted molar refractivity (Wildman–Crippen MR) is 68.0 cm³/mol. The van der Waals surface area contributed by atoms with Crippen LogP contribution in [-0.2, 0) is 8.85 Å². The van der Waals surface area contributed by atoms with E-state index in [9.17, 15) is 0 Å². The van der Waals surface area contributed by atoms with Gasteiger partial charge in [0.1, 0.15) is 0 Å². The van der Waals surface area contributed by atoms with Gasteiger partial charge in [0.05, 0.1) is 0 Å². The van der Waals surface area contributed by atoms with E-state index in [0.29, 0.717) is 5.92 Å². The van der Waals surface area contributed by atoms with Gasteiger partial charge in [-0.2, -0.15) is 0 Å². The van der Waals surface area contributed by atoms with Crippen molar-refractivity contribution in [2.75, 3.05) is 0 Å². The van der Waals surface area contributed by atoms with E-state index in [4.69, 9.17) is 8.85 Å². The van der Waals surface area contributed by atoms with Crippen molar-refractivity contribution < 1.29 is 8.85 Å². The van der Waals surface area contributed by atoms with Gasteiger partial charge in [-0.15, -0.1) is 6.58 Å². The van der Waals surface area contributed by atoms with Gasteiger partial charge in [-0.1, -0.05) is 13.8 Å². The van der Waals surface area contributed by atoms with Crippen LogP contribution < -0.4 is 0 Å². The zero-order valence-corrected chi connectivity index (χ0v) is 12.0. The van der Waals surface area contributed by atoms with Crippen LogP contribution in [-0.4, -0.2) is 20.8 Å². The number of hydrogen-bond donors (Lipinski definition) is 0. The second-order valence-electron chi connectivity index (χ2n) is 4.95. The fourth-order valence-electron chi connectivity index (χ4n) is 1.67. The van der Waals surface area contributed by atoms with Gasteiger partial charge in [0.25, 0.3) is 0 Å². The van der Waals surface area contributed by atoms with Crippen molar-refractivity contribution in [3.8, 4) is 0 Å². The molecule has 0 fully saturated rings. The Balaban J connectivity index is 4.66. The highest BCUT2D eigenvalue weighted by Crippen LogP contribution is 2.23. The Hall–Kier alpha value is -0.123. The smallest absolute Gasteiger partial charge is 0.365 e. The molecule has 0 atom stereocenters. The normalized spacial score (nSPS) is 12.9. The lowest BCUT2D eigenvalue weighted by atomic mass is 10.3. The largest absolute Gasteiger partial charge is 0.389 e. The highest BCUT2D eigenvalue weighted by molar-refractivity contribution is 6.72. The lowest BCUT2D eigenvalue weighted by Gasteiger charge is -2.32. The summed E-state index contributed by atoms with van der Waals surface area (Å²) in [7, 11) is -2.19. The van der Waals surface area contributed by atoms with Crippen LogP contribution in [0.3, 0.4) is 0 Å². The lowest BCUT2D eigenvalue weighted by molar-refractivity contribution is 0.111. The molecular weight excluding hydrogens is 204 g/mol. The van der Waals surface area contributed by atoms with Gasteiger partial charge in [0.15, 0.2) is 0 Å². The second kappa shape index (κ2) is 6.46. The molecule has 0 rings (SSSR count). The van der Waals surface area contributed by atoms with E-state index in [-0.39, 0.29) is 12.2 Å². The lowest BCUT2D eigenvalue weighted by Crippen LogP contribution is -2.45. The molecule has 0 unspecified atom stereocenters. The molecule has 3 heteroatoms. The maximum absolute atomic E-state index is 6.01. The summed E-state index contributed by atoms with van der Waals surface area (Å²) < 4.78 is 12.0. The molecule has 0 bridgehead atoms. The fraction of sp³-hybridized carbons (Fsp3) is 0.833. The minimum atomic E-state index is -2.19. The van der Waals surface area contributed by atoms with E-state index in [1.54, 1.807) is 0 Å². The van der Waals surface area contributed by atoms with Gasteiger partial charge >= 0.3 is 8.56 Å². The average molecular weight is 230 g/mol. The molecule has 0 N–H and O–H groups in total. The van der Waals surface area contributed by atoms with E-state index in [1.807, 2.05) is 5.70 Å². The minimum absolute atomic E-state index is 0.201. The Labute approximate surface area is 95.9 Å². The van der Waals surface area contributed by atoms with Crippen LogP contribution >= 0.6 is 0 Å². The molecule has 0 saturated carbocycles. The molecule has 2 nitrogen and oxygen atoms in total. The Morgan fingerprint density at radius 2 is 1.40 bits per heavy atom. The average Bonchev–Trinajstić information content (AvgIpc) is 1.99. The summed E-state index contributed by atoms with van der Waals surface area (Å²) in [6, 6.07) is 0.979.